The van der Waals surface area contributed by atoms with Crippen molar-refractivity contribution in [2.45, 2.75) is 25.9 Å². The van der Waals surface area contributed by atoms with Gasteiger partial charge in [0.25, 0.3) is 0 Å². The minimum absolute atomic E-state index is 0.0126. The van der Waals surface area contributed by atoms with Crippen LogP contribution in [-0.4, -0.2) is 19.2 Å². The van der Waals surface area contributed by atoms with Crippen molar-refractivity contribution in [1.82, 2.24) is 0 Å². The number of aliphatic carboxylic acids is 1. The molecular formula is C9H12NO3-. The Balaban J connectivity index is 4.08. The van der Waals surface area contributed by atoms with E-state index in [1.54, 1.807) is 13.2 Å². The van der Waals surface area contributed by atoms with E-state index in [0.717, 1.165) is 6.08 Å². The van der Waals surface area contributed by atoms with Crippen molar-refractivity contribution in [3.8, 4) is 6.07 Å². The summed E-state index contributed by atoms with van der Waals surface area (Å²) in [5.74, 6) is -1.29. The van der Waals surface area contributed by atoms with Crippen LogP contribution in [0.25, 0.3) is 0 Å². The first-order valence-corrected chi connectivity index (χ1v) is 3.94. The molecule has 0 amide bonds. The van der Waals surface area contributed by atoms with E-state index in [9.17, 15) is 9.90 Å². The summed E-state index contributed by atoms with van der Waals surface area (Å²) in [6, 6.07) is 1.67. The Labute approximate surface area is 77.4 Å². The van der Waals surface area contributed by atoms with Gasteiger partial charge in [0.2, 0.25) is 0 Å². The van der Waals surface area contributed by atoms with Crippen LogP contribution < -0.4 is 5.11 Å². The number of rotatable bonds is 5. The van der Waals surface area contributed by atoms with Crippen LogP contribution in [-0.2, 0) is 9.53 Å². The summed E-state index contributed by atoms with van der Waals surface area (Å²) in [5.41, 5.74) is 0.0198. The van der Waals surface area contributed by atoms with Crippen molar-refractivity contribution >= 4 is 5.97 Å². The van der Waals surface area contributed by atoms with Gasteiger partial charge in [0, 0.05) is 13.2 Å². The Morgan fingerprint density at radius 1 is 1.77 bits per heavy atom. The van der Waals surface area contributed by atoms with E-state index in [2.05, 4.69) is 0 Å². The van der Waals surface area contributed by atoms with Crippen molar-refractivity contribution in [1.29, 1.82) is 5.26 Å². The van der Waals surface area contributed by atoms with Gasteiger partial charge in [-0.2, -0.15) is 5.26 Å². The molecule has 0 rings (SSSR count). The molecule has 1 unspecified atom stereocenters. The number of hydrogen-bond donors (Lipinski definition) is 0. The van der Waals surface area contributed by atoms with Gasteiger partial charge in [-0.1, -0.05) is 0 Å². The van der Waals surface area contributed by atoms with Gasteiger partial charge in [-0.3, -0.25) is 0 Å². The molecule has 0 aliphatic heterocycles. The summed E-state index contributed by atoms with van der Waals surface area (Å²) < 4.78 is 4.93. The van der Waals surface area contributed by atoms with Crippen molar-refractivity contribution in [3.05, 3.63) is 11.6 Å². The summed E-state index contributed by atoms with van der Waals surface area (Å²) in [4.78, 5) is 10.4. The number of carbonyl (C=O) groups excluding carboxylic acids is 1. The molecule has 0 aliphatic rings. The van der Waals surface area contributed by atoms with Crippen LogP contribution in [0, 0.1) is 11.3 Å². The molecule has 0 aromatic rings. The fourth-order valence-corrected chi connectivity index (χ4v) is 0.788. The fourth-order valence-electron chi connectivity index (χ4n) is 0.788. The molecular weight excluding hydrogens is 170 g/mol. The Morgan fingerprint density at radius 3 is 2.77 bits per heavy atom. The number of nitriles is 1. The fraction of sp³-hybridized carbons (Fsp3) is 0.556. The molecule has 0 saturated heterocycles. The maximum absolute atomic E-state index is 10.4. The van der Waals surface area contributed by atoms with Crippen molar-refractivity contribution in [2.75, 3.05) is 7.11 Å². The van der Waals surface area contributed by atoms with Crippen LogP contribution in [0.2, 0.25) is 0 Å². The second-order valence-corrected chi connectivity index (χ2v) is 2.67. The van der Waals surface area contributed by atoms with E-state index in [1.807, 2.05) is 6.92 Å². The number of ether oxygens (including phenoxy) is 1. The number of carbonyl (C=O) groups is 1. The SMILES string of the molecule is COC(C)CC/C(=C/C#N)C(=O)[O-]. The highest BCUT2D eigenvalue weighted by molar-refractivity contribution is 5.85. The zero-order valence-electron chi connectivity index (χ0n) is 7.74. The quantitative estimate of drug-likeness (QED) is 0.443. The Bertz CT molecular complexity index is 240. The van der Waals surface area contributed by atoms with Crippen molar-refractivity contribution in [2.24, 2.45) is 0 Å². The molecule has 0 aliphatic carbocycles. The molecule has 72 valence electrons. The lowest BCUT2D eigenvalue weighted by Gasteiger charge is -2.11. The summed E-state index contributed by atoms with van der Waals surface area (Å²) in [5, 5.41) is 18.7. The molecule has 0 aromatic carbocycles. The average molecular weight is 182 g/mol. The largest absolute Gasteiger partial charge is 0.545 e. The van der Waals surface area contributed by atoms with Gasteiger partial charge in [-0.15, -0.1) is 0 Å². The molecule has 0 fully saturated rings. The number of hydrogen-bond acceptors (Lipinski definition) is 4. The molecule has 0 heterocycles. The van der Waals surface area contributed by atoms with Crippen LogP contribution in [0.1, 0.15) is 19.8 Å². The molecule has 13 heavy (non-hydrogen) atoms. The van der Waals surface area contributed by atoms with E-state index < -0.39 is 5.97 Å². The first kappa shape index (κ1) is 11.7. The normalized spacial score (nSPS) is 13.5. The molecule has 0 saturated carbocycles. The third kappa shape index (κ3) is 4.99. The lowest BCUT2D eigenvalue weighted by molar-refractivity contribution is -0.299. The second kappa shape index (κ2) is 6.21. The topological polar surface area (TPSA) is 73.1 Å². The first-order valence-electron chi connectivity index (χ1n) is 3.94. The van der Waals surface area contributed by atoms with Gasteiger partial charge in [-0.05, 0) is 25.3 Å². The zero-order chi connectivity index (χ0) is 10.3. The minimum Gasteiger partial charge on any atom is -0.545 e. The highest BCUT2D eigenvalue weighted by atomic mass is 16.5. The highest BCUT2D eigenvalue weighted by Gasteiger charge is 2.03. The van der Waals surface area contributed by atoms with Crippen molar-refractivity contribution in [3.63, 3.8) is 0 Å². The molecule has 4 heteroatoms. The molecule has 0 spiro atoms. The van der Waals surface area contributed by atoms with E-state index in [1.165, 1.54) is 0 Å². The number of allylic oxidation sites excluding steroid dienone is 1. The van der Waals surface area contributed by atoms with Gasteiger partial charge in [-0.25, -0.2) is 0 Å². The van der Waals surface area contributed by atoms with E-state index >= 15 is 0 Å². The number of methoxy groups -OCH3 is 1. The summed E-state index contributed by atoms with van der Waals surface area (Å²) >= 11 is 0. The van der Waals surface area contributed by atoms with Gasteiger partial charge in [0.15, 0.2) is 0 Å². The molecule has 0 bridgehead atoms. The maximum atomic E-state index is 10.4. The number of carboxylic acid groups (broad SMARTS) is 1. The second-order valence-electron chi connectivity index (χ2n) is 2.67. The summed E-state index contributed by atoms with van der Waals surface area (Å²) in [6.07, 6.45) is 1.85. The standard InChI is InChI=1S/C9H13NO3/c1-7(13-2)3-4-8(5-6-10)9(11)12/h5,7H,3-4H2,1-2H3,(H,11,12)/p-1/b8-5-. The Morgan fingerprint density at radius 2 is 2.38 bits per heavy atom. The number of nitrogens with zero attached hydrogens (tertiary/aromatic N) is 1. The maximum Gasteiger partial charge on any atom is 0.0915 e. The predicted octanol–water partition coefficient (Wildman–Crippen LogP) is 0.00138. The molecule has 0 radical (unpaired) electrons. The van der Waals surface area contributed by atoms with Crippen LogP contribution in [0.4, 0.5) is 0 Å². The molecule has 0 N–H and O–H groups in total. The minimum atomic E-state index is -1.29. The summed E-state index contributed by atoms with van der Waals surface area (Å²) in [7, 11) is 1.55. The molecule has 0 aromatic heterocycles. The average Bonchev–Trinajstić information content (AvgIpc) is 2.11. The third-order valence-electron chi connectivity index (χ3n) is 1.72. The van der Waals surface area contributed by atoms with E-state index in [-0.39, 0.29) is 11.7 Å². The Hall–Kier alpha value is -1.34. The zero-order valence-corrected chi connectivity index (χ0v) is 7.74. The van der Waals surface area contributed by atoms with Crippen molar-refractivity contribution < 1.29 is 14.6 Å². The van der Waals surface area contributed by atoms with Gasteiger partial charge >= 0.3 is 0 Å². The third-order valence-corrected chi connectivity index (χ3v) is 1.72. The predicted molar refractivity (Wildman–Crippen MR) is 44.4 cm³/mol. The van der Waals surface area contributed by atoms with Crippen LogP contribution in [0.3, 0.4) is 0 Å². The van der Waals surface area contributed by atoms with Gasteiger partial charge < -0.3 is 14.6 Å². The van der Waals surface area contributed by atoms with Crippen LogP contribution in [0.5, 0.6) is 0 Å². The molecule has 4 nitrogen and oxygen atoms in total. The lowest BCUT2D eigenvalue weighted by Crippen LogP contribution is -2.25. The number of carboxylic acids is 1. The van der Waals surface area contributed by atoms with Gasteiger partial charge in [0.1, 0.15) is 0 Å². The van der Waals surface area contributed by atoms with Crippen LogP contribution >= 0.6 is 0 Å². The van der Waals surface area contributed by atoms with E-state index in [4.69, 9.17) is 10.00 Å². The lowest BCUT2D eigenvalue weighted by atomic mass is 10.1. The first-order chi connectivity index (χ1) is 6.11. The van der Waals surface area contributed by atoms with Crippen LogP contribution in [0.15, 0.2) is 11.6 Å². The smallest absolute Gasteiger partial charge is 0.0915 e. The highest BCUT2D eigenvalue weighted by Crippen LogP contribution is 2.08. The summed E-state index contributed by atoms with van der Waals surface area (Å²) in [6.45, 7) is 1.83. The molecule has 1 atom stereocenters. The van der Waals surface area contributed by atoms with E-state index in [0.29, 0.717) is 12.8 Å². The van der Waals surface area contributed by atoms with Gasteiger partial charge in [0.05, 0.1) is 18.1 Å². The monoisotopic (exact) mass is 182 g/mol. The Kier molecular flexibility index (Phi) is 5.57.